The summed E-state index contributed by atoms with van der Waals surface area (Å²) in [7, 11) is 0. The Morgan fingerprint density at radius 1 is 1.06 bits per heavy atom. The van der Waals surface area contributed by atoms with Gasteiger partial charge in [-0.25, -0.2) is 18.2 Å². The lowest BCUT2D eigenvalue weighted by atomic mass is 9.76. The molecular weight excluding hydrogens is 469 g/mol. The van der Waals surface area contributed by atoms with Crippen molar-refractivity contribution < 1.29 is 22.8 Å². The Morgan fingerprint density at radius 2 is 1.78 bits per heavy atom. The van der Waals surface area contributed by atoms with E-state index in [9.17, 15) is 22.8 Å². The minimum absolute atomic E-state index is 0.0561. The number of nitrogens with two attached hydrogens (primary N) is 1. The van der Waals surface area contributed by atoms with E-state index in [2.05, 4.69) is 22.2 Å². The van der Waals surface area contributed by atoms with Gasteiger partial charge in [0.05, 0.1) is 17.4 Å². The van der Waals surface area contributed by atoms with Gasteiger partial charge in [-0.2, -0.15) is 0 Å². The first kappa shape index (κ1) is 25.5. The first-order valence-corrected chi connectivity index (χ1v) is 11.9. The summed E-state index contributed by atoms with van der Waals surface area (Å²) in [6.07, 6.45) is 5.84. The molecule has 0 bridgehead atoms. The van der Waals surface area contributed by atoms with Crippen LogP contribution in [0.3, 0.4) is 0 Å². The number of nitrogens with one attached hydrogen (secondary N) is 1. The summed E-state index contributed by atoms with van der Waals surface area (Å²) >= 11 is 0. The van der Waals surface area contributed by atoms with Gasteiger partial charge in [0, 0.05) is 24.2 Å². The third kappa shape index (κ3) is 5.31. The van der Waals surface area contributed by atoms with Gasteiger partial charge >= 0.3 is 0 Å². The zero-order valence-electron chi connectivity index (χ0n) is 20.0. The average molecular weight is 497 g/mol. The van der Waals surface area contributed by atoms with Crippen LogP contribution in [0.4, 0.5) is 18.9 Å². The third-order valence-electron chi connectivity index (χ3n) is 6.52. The van der Waals surface area contributed by atoms with Crippen LogP contribution in [-0.4, -0.2) is 27.7 Å². The molecule has 3 N–H and O–H groups in total. The van der Waals surface area contributed by atoms with Crippen molar-refractivity contribution in [1.29, 1.82) is 0 Å². The molecule has 0 spiro atoms. The fraction of sp³-hybridized carbons (Fsp3) is 0.333. The van der Waals surface area contributed by atoms with Crippen molar-refractivity contribution >= 4 is 17.4 Å². The Labute approximate surface area is 207 Å². The smallest absolute Gasteiger partial charge is 0.274 e. The highest BCUT2D eigenvalue weighted by molar-refractivity contribution is 6.03. The van der Waals surface area contributed by atoms with Gasteiger partial charge in [0.2, 0.25) is 0 Å². The quantitative estimate of drug-likeness (QED) is 0.431. The molecule has 6 nitrogen and oxygen atoms in total. The molecule has 1 fully saturated rings. The number of carbonyl (C=O) groups excluding carboxylic acids is 2. The number of rotatable bonds is 6. The molecule has 9 heteroatoms. The molecule has 3 aromatic rings. The van der Waals surface area contributed by atoms with E-state index in [4.69, 9.17) is 5.73 Å². The van der Waals surface area contributed by atoms with Gasteiger partial charge in [-0.15, -0.1) is 0 Å². The SMILES string of the molecule is CCC(=O)c1cc(F)c(-c2nc(C(=O)Nc3cnccc3[C@@H]3C[C@H](C)C[C@H](N)C3)ccc2F)c(F)c1. The lowest BCUT2D eigenvalue weighted by Gasteiger charge is -2.32. The van der Waals surface area contributed by atoms with Crippen LogP contribution >= 0.6 is 0 Å². The summed E-state index contributed by atoms with van der Waals surface area (Å²) in [5.74, 6) is -3.88. The van der Waals surface area contributed by atoms with E-state index in [0.717, 1.165) is 49.1 Å². The molecule has 4 rings (SSSR count). The molecule has 1 aromatic carbocycles. The van der Waals surface area contributed by atoms with Crippen molar-refractivity contribution in [1.82, 2.24) is 9.97 Å². The number of amides is 1. The van der Waals surface area contributed by atoms with Crippen molar-refractivity contribution in [2.24, 2.45) is 11.7 Å². The minimum atomic E-state index is -1.15. The minimum Gasteiger partial charge on any atom is -0.328 e. The van der Waals surface area contributed by atoms with E-state index in [0.29, 0.717) is 11.6 Å². The first-order chi connectivity index (χ1) is 17.2. The molecule has 188 valence electrons. The number of benzene rings is 1. The maximum absolute atomic E-state index is 14.8. The maximum atomic E-state index is 14.8. The summed E-state index contributed by atoms with van der Waals surface area (Å²) < 4.78 is 44.1. The largest absolute Gasteiger partial charge is 0.328 e. The third-order valence-corrected chi connectivity index (χ3v) is 6.52. The zero-order chi connectivity index (χ0) is 26.0. The number of pyridine rings is 2. The van der Waals surface area contributed by atoms with Gasteiger partial charge < -0.3 is 11.1 Å². The highest BCUT2D eigenvalue weighted by atomic mass is 19.1. The monoisotopic (exact) mass is 496 g/mol. The number of hydrogen-bond acceptors (Lipinski definition) is 5. The van der Waals surface area contributed by atoms with Gasteiger partial charge in [-0.1, -0.05) is 13.8 Å². The summed E-state index contributed by atoms with van der Waals surface area (Å²) in [4.78, 5) is 32.9. The second-order valence-electron chi connectivity index (χ2n) is 9.30. The molecule has 1 aliphatic carbocycles. The van der Waals surface area contributed by atoms with Crippen LogP contribution in [0.25, 0.3) is 11.3 Å². The molecule has 0 radical (unpaired) electrons. The molecule has 1 amide bonds. The van der Waals surface area contributed by atoms with E-state index in [-0.39, 0.29) is 29.6 Å². The molecule has 3 atom stereocenters. The number of halogens is 3. The molecule has 2 heterocycles. The lowest BCUT2D eigenvalue weighted by molar-refractivity contribution is 0.0985. The molecule has 1 aliphatic rings. The van der Waals surface area contributed by atoms with E-state index >= 15 is 0 Å². The van der Waals surface area contributed by atoms with Crippen LogP contribution in [0.5, 0.6) is 0 Å². The molecule has 1 saturated carbocycles. The van der Waals surface area contributed by atoms with Crippen LogP contribution in [0.15, 0.2) is 42.7 Å². The second kappa shape index (κ2) is 10.6. The fourth-order valence-corrected chi connectivity index (χ4v) is 4.87. The number of ketones is 1. The van der Waals surface area contributed by atoms with E-state index in [1.807, 2.05) is 6.07 Å². The average Bonchev–Trinajstić information content (AvgIpc) is 2.83. The number of aromatic nitrogens is 2. The van der Waals surface area contributed by atoms with Crippen LogP contribution in [-0.2, 0) is 0 Å². The van der Waals surface area contributed by atoms with Crippen molar-refractivity contribution in [3.8, 4) is 11.3 Å². The number of carbonyl (C=O) groups is 2. The van der Waals surface area contributed by atoms with Gasteiger partial charge in [0.1, 0.15) is 28.8 Å². The predicted octanol–water partition coefficient (Wildman–Crippen LogP) is 5.64. The topological polar surface area (TPSA) is 98.0 Å². The van der Waals surface area contributed by atoms with Gasteiger partial charge in [-0.05, 0) is 67.0 Å². The van der Waals surface area contributed by atoms with Gasteiger partial charge in [0.15, 0.2) is 5.78 Å². The normalized spacial score (nSPS) is 19.7. The number of anilines is 1. The Bertz CT molecular complexity index is 1280. The molecule has 0 saturated heterocycles. The van der Waals surface area contributed by atoms with Crippen molar-refractivity contribution in [3.63, 3.8) is 0 Å². The Hall–Kier alpha value is -3.59. The maximum Gasteiger partial charge on any atom is 0.274 e. The van der Waals surface area contributed by atoms with Crippen molar-refractivity contribution in [3.05, 3.63) is 77.0 Å². The standard InChI is InChI=1S/C27H27F3N4O2/c1-3-24(35)16-11-20(29)25(21(30)12-16)26-19(28)4-5-22(33-26)27(36)34-23-13-32-7-6-18(23)15-8-14(2)9-17(31)10-15/h4-7,11-15,17H,3,8-10,31H2,1-2H3,(H,34,36)/t14-,15+,17-/m0/s1. The Kier molecular flexibility index (Phi) is 7.49. The van der Waals surface area contributed by atoms with Crippen LogP contribution in [0, 0.1) is 23.4 Å². The summed E-state index contributed by atoms with van der Waals surface area (Å²) in [5.41, 5.74) is 5.77. The lowest BCUT2D eigenvalue weighted by Crippen LogP contribution is -2.31. The molecule has 0 unspecified atom stereocenters. The summed E-state index contributed by atoms with van der Waals surface area (Å²) in [6.45, 7) is 3.70. The first-order valence-electron chi connectivity index (χ1n) is 11.9. The van der Waals surface area contributed by atoms with Crippen molar-refractivity contribution in [2.75, 3.05) is 5.32 Å². The van der Waals surface area contributed by atoms with Gasteiger partial charge in [-0.3, -0.25) is 14.6 Å². The molecule has 36 heavy (non-hydrogen) atoms. The second-order valence-corrected chi connectivity index (χ2v) is 9.30. The van der Waals surface area contributed by atoms with Gasteiger partial charge in [0.25, 0.3) is 5.91 Å². The van der Waals surface area contributed by atoms with E-state index < -0.39 is 40.4 Å². The highest BCUT2D eigenvalue weighted by Crippen LogP contribution is 2.38. The van der Waals surface area contributed by atoms with Crippen LogP contribution in [0.2, 0.25) is 0 Å². The molecular formula is C27H27F3N4O2. The molecule has 0 aliphatic heterocycles. The van der Waals surface area contributed by atoms with Crippen LogP contribution in [0.1, 0.15) is 71.9 Å². The summed E-state index contributed by atoms with van der Waals surface area (Å²) in [6, 6.07) is 5.63. The number of Topliss-reactive ketones (excluding diaryl/α,β-unsaturated/α-hetero) is 1. The van der Waals surface area contributed by atoms with E-state index in [1.165, 1.54) is 6.20 Å². The molecule has 2 aromatic heterocycles. The fourth-order valence-electron chi connectivity index (χ4n) is 4.87. The number of hydrogen-bond donors (Lipinski definition) is 2. The predicted molar refractivity (Wildman–Crippen MR) is 130 cm³/mol. The number of nitrogens with zero attached hydrogens (tertiary/aromatic N) is 2. The Morgan fingerprint density at radius 3 is 2.44 bits per heavy atom. The zero-order valence-corrected chi connectivity index (χ0v) is 20.0. The van der Waals surface area contributed by atoms with Crippen LogP contribution < -0.4 is 11.1 Å². The summed E-state index contributed by atoms with van der Waals surface area (Å²) in [5, 5.41) is 2.75. The van der Waals surface area contributed by atoms with E-state index in [1.54, 1.807) is 13.1 Å². The Balaban J connectivity index is 1.65. The van der Waals surface area contributed by atoms with Crippen molar-refractivity contribution in [2.45, 2.75) is 51.5 Å². The highest BCUT2D eigenvalue weighted by Gasteiger charge is 2.28.